The quantitative estimate of drug-likeness (QED) is 0.527. The second kappa shape index (κ2) is 5.36. The van der Waals surface area contributed by atoms with Crippen molar-refractivity contribution in [3.8, 4) is 0 Å². The highest BCUT2D eigenvalue weighted by atomic mass is 16.1. The molecule has 0 saturated carbocycles. The number of benzene rings is 1. The molecular formula is C12H14NO. The first-order chi connectivity index (χ1) is 6.74. The van der Waals surface area contributed by atoms with E-state index >= 15 is 0 Å². The van der Waals surface area contributed by atoms with E-state index in [9.17, 15) is 4.79 Å². The summed E-state index contributed by atoms with van der Waals surface area (Å²) in [5.74, 6) is 0.515. The summed E-state index contributed by atoms with van der Waals surface area (Å²) in [7, 11) is 0. The number of hydrogen-bond donors (Lipinski definition) is 0. The topological polar surface area (TPSA) is 29.4 Å². The average Bonchev–Trinajstić information content (AvgIpc) is 2.18. The molecule has 0 bridgehead atoms. The van der Waals surface area contributed by atoms with Crippen LogP contribution in [0.1, 0.15) is 31.9 Å². The lowest BCUT2D eigenvalue weighted by Gasteiger charge is -2.12. The minimum Gasteiger partial charge on any atom is -0.211 e. The van der Waals surface area contributed by atoms with Gasteiger partial charge in [0.2, 0.25) is 6.08 Å². The highest BCUT2D eigenvalue weighted by molar-refractivity contribution is 5.35. The monoisotopic (exact) mass is 188 g/mol. The van der Waals surface area contributed by atoms with Crippen molar-refractivity contribution in [2.75, 3.05) is 0 Å². The molecule has 1 aromatic carbocycles. The molecule has 1 rings (SSSR count). The normalized spacial score (nSPS) is 12.2. The number of aliphatic imine (C=N–C) groups is 1. The summed E-state index contributed by atoms with van der Waals surface area (Å²) in [4.78, 5) is 14.1. The van der Waals surface area contributed by atoms with Gasteiger partial charge in [-0.1, -0.05) is 38.1 Å². The second-order valence-electron chi connectivity index (χ2n) is 3.70. The lowest BCUT2D eigenvalue weighted by atomic mass is 9.98. The molecule has 0 amide bonds. The zero-order chi connectivity index (χ0) is 10.4. The average molecular weight is 188 g/mol. The standard InChI is InChI=1S/C12H14NO/c1-10(2)8-12(13-9-14)11-6-4-3-5-7-11/h4-7,10,12H,8H2,1-2H3. The predicted octanol–water partition coefficient (Wildman–Crippen LogP) is 2.91. The maximum Gasteiger partial charge on any atom is 0.235 e. The van der Waals surface area contributed by atoms with Gasteiger partial charge in [0.05, 0.1) is 6.04 Å². The van der Waals surface area contributed by atoms with Gasteiger partial charge in [-0.3, -0.25) is 0 Å². The molecule has 0 aromatic heterocycles. The first-order valence-corrected chi connectivity index (χ1v) is 4.77. The van der Waals surface area contributed by atoms with Crippen LogP contribution in [0.25, 0.3) is 0 Å². The third-order valence-corrected chi connectivity index (χ3v) is 2.03. The Morgan fingerprint density at radius 1 is 1.43 bits per heavy atom. The third kappa shape index (κ3) is 3.15. The van der Waals surface area contributed by atoms with Crippen LogP contribution in [0.3, 0.4) is 0 Å². The molecule has 14 heavy (non-hydrogen) atoms. The van der Waals surface area contributed by atoms with Crippen molar-refractivity contribution < 1.29 is 4.79 Å². The molecule has 1 aromatic rings. The van der Waals surface area contributed by atoms with Crippen molar-refractivity contribution in [3.05, 3.63) is 35.9 Å². The van der Waals surface area contributed by atoms with Crippen LogP contribution in [0.2, 0.25) is 0 Å². The molecule has 0 aliphatic carbocycles. The molecule has 0 aliphatic rings. The summed E-state index contributed by atoms with van der Waals surface area (Å²) in [6.45, 7) is 4.23. The van der Waals surface area contributed by atoms with E-state index in [-0.39, 0.29) is 6.04 Å². The van der Waals surface area contributed by atoms with Crippen molar-refractivity contribution >= 4 is 6.08 Å². The molecule has 1 unspecified atom stereocenters. The molecule has 0 spiro atoms. The molecule has 1 radical (unpaired) electrons. The molecule has 0 heterocycles. The number of isocyanates is 1. The summed E-state index contributed by atoms with van der Waals surface area (Å²) >= 11 is 0. The predicted molar refractivity (Wildman–Crippen MR) is 55.6 cm³/mol. The van der Waals surface area contributed by atoms with Crippen molar-refractivity contribution in [2.45, 2.75) is 26.3 Å². The first kappa shape index (κ1) is 10.7. The smallest absolute Gasteiger partial charge is 0.211 e. The number of carbonyl (C=O) groups excluding carboxylic acids is 1. The van der Waals surface area contributed by atoms with Gasteiger partial charge in [0, 0.05) is 0 Å². The minimum absolute atomic E-state index is 0.0536. The lowest BCUT2D eigenvalue weighted by Crippen LogP contribution is -2.00. The number of rotatable bonds is 4. The van der Waals surface area contributed by atoms with E-state index in [1.54, 1.807) is 6.08 Å². The Kier molecular flexibility index (Phi) is 4.09. The Labute approximate surface area is 84.7 Å². The van der Waals surface area contributed by atoms with Crippen molar-refractivity contribution in [1.82, 2.24) is 0 Å². The maximum absolute atomic E-state index is 10.3. The van der Waals surface area contributed by atoms with E-state index in [1.807, 2.05) is 24.3 Å². The highest BCUT2D eigenvalue weighted by Gasteiger charge is 2.11. The van der Waals surface area contributed by atoms with Crippen LogP contribution in [0, 0.1) is 12.0 Å². The molecule has 0 saturated heterocycles. The van der Waals surface area contributed by atoms with Gasteiger partial charge in [0.25, 0.3) is 0 Å². The fraction of sp³-hybridized carbons (Fsp3) is 0.417. The lowest BCUT2D eigenvalue weighted by molar-refractivity contribution is 0.502. The Bertz CT molecular complexity index is 312. The van der Waals surface area contributed by atoms with Gasteiger partial charge < -0.3 is 0 Å². The molecule has 73 valence electrons. The van der Waals surface area contributed by atoms with Crippen LogP contribution >= 0.6 is 0 Å². The molecule has 0 fully saturated rings. The Hall–Kier alpha value is -1.40. The van der Waals surface area contributed by atoms with Crippen molar-refractivity contribution in [3.63, 3.8) is 0 Å². The van der Waals surface area contributed by atoms with Gasteiger partial charge in [0.15, 0.2) is 0 Å². The van der Waals surface area contributed by atoms with E-state index < -0.39 is 0 Å². The molecule has 2 heteroatoms. The van der Waals surface area contributed by atoms with Crippen LogP contribution < -0.4 is 0 Å². The number of nitrogens with zero attached hydrogens (tertiary/aromatic N) is 1. The Balaban J connectivity index is 2.83. The largest absolute Gasteiger partial charge is 0.235 e. The summed E-state index contributed by atoms with van der Waals surface area (Å²) in [5.41, 5.74) is 1.06. The maximum atomic E-state index is 10.3. The van der Waals surface area contributed by atoms with Crippen LogP contribution in [0.15, 0.2) is 29.3 Å². The Morgan fingerprint density at radius 3 is 2.57 bits per heavy atom. The molecular weight excluding hydrogens is 174 g/mol. The fourth-order valence-electron chi connectivity index (χ4n) is 1.40. The molecule has 1 atom stereocenters. The van der Waals surface area contributed by atoms with E-state index in [0.717, 1.165) is 12.0 Å². The molecule has 0 aliphatic heterocycles. The third-order valence-electron chi connectivity index (χ3n) is 2.03. The van der Waals surface area contributed by atoms with E-state index in [0.29, 0.717) is 5.92 Å². The summed E-state index contributed by atoms with van der Waals surface area (Å²) in [6.07, 6.45) is 2.51. The zero-order valence-corrected chi connectivity index (χ0v) is 8.53. The van der Waals surface area contributed by atoms with Crippen LogP contribution in [0.4, 0.5) is 0 Å². The zero-order valence-electron chi connectivity index (χ0n) is 8.53. The highest BCUT2D eigenvalue weighted by Crippen LogP contribution is 2.24. The van der Waals surface area contributed by atoms with Crippen LogP contribution in [-0.2, 0) is 4.79 Å². The number of hydrogen-bond acceptors (Lipinski definition) is 2. The SMILES string of the molecule is CC(C)CC(N=C=O)c1cc[c]cc1. The Morgan fingerprint density at radius 2 is 2.07 bits per heavy atom. The summed E-state index contributed by atoms with van der Waals surface area (Å²) < 4.78 is 0. The van der Waals surface area contributed by atoms with E-state index in [2.05, 4.69) is 24.9 Å². The van der Waals surface area contributed by atoms with Crippen LogP contribution in [-0.4, -0.2) is 6.08 Å². The van der Waals surface area contributed by atoms with Crippen LogP contribution in [0.5, 0.6) is 0 Å². The van der Waals surface area contributed by atoms with Gasteiger partial charge in [-0.25, -0.2) is 4.79 Å². The van der Waals surface area contributed by atoms with Crippen molar-refractivity contribution in [1.29, 1.82) is 0 Å². The van der Waals surface area contributed by atoms with Gasteiger partial charge in [-0.05, 0) is 24.0 Å². The minimum atomic E-state index is -0.0536. The van der Waals surface area contributed by atoms with Gasteiger partial charge in [-0.15, -0.1) is 0 Å². The second-order valence-corrected chi connectivity index (χ2v) is 3.70. The fourth-order valence-corrected chi connectivity index (χ4v) is 1.40. The van der Waals surface area contributed by atoms with E-state index in [4.69, 9.17) is 0 Å². The first-order valence-electron chi connectivity index (χ1n) is 4.77. The van der Waals surface area contributed by atoms with E-state index in [1.165, 1.54) is 0 Å². The van der Waals surface area contributed by atoms with Gasteiger partial charge in [-0.2, -0.15) is 4.99 Å². The van der Waals surface area contributed by atoms with Gasteiger partial charge in [0.1, 0.15) is 0 Å². The van der Waals surface area contributed by atoms with Gasteiger partial charge >= 0.3 is 0 Å². The molecule has 2 nitrogen and oxygen atoms in total. The van der Waals surface area contributed by atoms with Crippen molar-refractivity contribution in [2.24, 2.45) is 10.9 Å². The molecule has 0 N–H and O–H groups in total. The summed E-state index contributed by atoms with van der Waals surface area (Å²) in [6, 6.07) is 10.4. The summed E-state index contributed by atoms with van der Waals surface area (Å²) in [5, 5.41) is 0.